The zero-order chi connectivity index (χ0) is 14.9. The lowest BCUT2D eigenvalue weighted by atomic mass is 10.1. The van der Waals surface area contributed by atoms with Gasteiger partial charge in [-0.15, -0.1) is 0 Å². The van der Waals surface area contributed by atoms with Crippen molar-refractivity contribution in [2.75, 3.05) is 13.2 Å². The lowest BCUT2D eigenvalue weighted by Crippen LogP contribution is -2.29. The molecule has 0 aliphatic carbocycles. The van der Waals surface area contributed by atoms with E-state index in [4.69, 9.17) is 16.3 Å². The molecular formula is C17H18ClNO2. The quantitative estimate of drug-likeness (QED) is 0.795. The number of ether oxygens (including phenoxy) is 1. The van der Waals surface area contributed by atoms with Crippen LogP contribution in [0.1, 0.15) is 12.0 Å². The van der Waals surface area contributed by atoms with Gasteiger partial charge in [-0.05, 0) is 36.6 Å². The molecule has 0 unspecified atom stereocenters. The van der Waals surface area contributed by atoms with Crippen molar-refractivity contribution in [3.63, 3.8) is 0 Å². The standard InChI is InChI=1S/C17H18ClNO2/c18-15-9-4-10-16(12-15)21-13-17(20)19-11-5-8-14-6-2-1-3-7-14/h1-4,6-7,9-10,12H,5,8,11,13H2,(H,19,20). The second-order valence-corrected chi connectivity index (χ2v) is 5.12. The van der Waals surface area contributed by atoms with Crippen molar-refractivity contribution in [3.8, 4) is 5.75 Å². The van der Waals surface area contributed by atoms with Crippen LogP contribution < -0.4 is 10.1 Å². The summed E-state index contributed by atoms with van der Waals surface area (Å²) in [6.07, 6.45) is 1.86. The van der Waals surface area contributed by atoms with Crippen molar-refractivity contribution >= 4 is 17.5 Å². The summed E-state index contributed by atoms with van der Waals surface area (Å²) in [6, 6.07) is 17.2. The minimum absolute atomic E-state index is 0.00563. The van der Waals surface area contributed by atoms with Crippen molar-refractivity contribution in [1.82, 2.24) is 5.32 Å². The second kappa shape index (κ2) is 8.32. The maximum Gasteiger partial charge on any atom is 0.257 e. The Morgan fingerprint density at radius 3 is 2.67 bits per heavy atom. The molecule has 110 valence electrons. The lowest BCUT2D eigenvalue weighted by Gasteiger charge is -2.07. The SMILES string of the molecule is O=C(COc1cccc(Cl)c1)NCCCc1ccccc1. The van der Waals surface area contributed by atoms with Crippen molar-refractivity contribution in [1.29, 1.82) is 0 Å². The zero-order valence-corrected chi connectivity index (χ0v) is 12.5. The van der Waals surface area contributed by atoms with E-state index < -0.39 is 0 Å². The molecule has 0 aliphatic rings. The maximum absolute atomic E-state index is 11.6. The molecule has 0 saturated heterocycles. The fourth-order valence-electron chi connectivity index (χ4n) is 1.92. The molecule has 3 nitrogen and oxygen atoms in total. The summed E-state index contributed by atoms with van der Waals surface area (Å²) in [5.41, 5.74) is 1.28. The smallest absolute Gasteiger partial charge is 0.257 e. The van der Waals surface area contributed by atoms with Crippen molar-refractivity contribution in [2.24, 2.45) is 0 Å². The van der Waals surface area contributed by atoms with Crippen LogP contribution in [0.15, 0.2) is 54.6 Å². The molecule has 0 aromatic heterocycles. The summed E-state index contributed by atoms with van der Waals surface area (Å²) in [6.45, 7) is 0.651. The van der Waals surface area contributed by atoms with E-state index in [0.717, 1.165) is 12.8 Å². The molecule has 0 bridgehead atoms. The van der Waals surface area contributed by atoms with Crippen LogP contribution in [0.4, 0.5) is 0 Å². The molecule has 0 radical (unpaired) electrons. The molecule has 0 saturated carbocycles. The molecule has 2 aromatic carbocycles. The van der Waals surface area contributed by atoms with Crippen molar-refractivity contribution < 1.29 is 9.53 Å². The maximum atomic E-state index is 11.6. The Hall–Kier alpha value is -2.00. The van der Waals surface area contributed by atoms with Crippen molar-refractivity contribution in [3.05, 3.63) is 65.2 Å². The monoisotopic (exact) mass is 303 g/mol. The lowest BCUT2D eigenvalue weighted by molar-refractivity contribution is -0.123. The number of hydrogen-bond donors (Lipinski definition) is 1. The number of amides is 1. The number of rotatable bonds is 7. The van der Waals surface area contributed by atoms with Crippen LogP contribution >= 0.6 is 11.6 Å². The highest BCUT2D eigenvalue weighted by atomic mass is 35.5. The number of nitrogens with one attached hydrogen (secondary N) is 1. The van der Waals surface area contributed by atoms with Crippen LogP contribution in [0.5, 0.6) is 5.75 Å². The third kappa shape index (κ3) is 5.88. The first-order chi connectivity index (χ1) is 10.2. The molecule has 21 heavy (non-hydrogen) atoms. The number of aryl methyl sites for hydroxylation is 1. The Balaban J connectivity index is 1.62. The van der Waals surface area contributed by atoms with E-state index in [0.29, 0.717) is 17.3 Å². The Labute approximate surface area is 129 Å². The summed E-state index contributed by atoms with van der Waals surface area (Å²) in [5.74, 6) is 0.477. The Morgan fingerprint density at radius 2 is 1.90 bits per heavy atom. The van der Waals surface area contributed by atoms with Crippen LogP contribution in [0.2, 0.25) is 5.02 Å². The fraction of sp³-hybridized carbons (Fsp3) is 0.235. The summed E-state index contributed by atoms with van der Waals surface area (Å²) in [7, 11) is 0. The molecule has 0 fully saturated rings. The number of carbonyl (C=O) groups is 1. The van der Waals surface area contributed by atoms with Gasteiger partial charge in [-0.3, -0.25) is 4.79 Å². The van der Waals surface area contributed by atoms with Crippen LogP contribution in [-0.4, -0.2) is 19.1 Å². The first-order valence-electron chi connectivity index (χ1n) is 6.93. The number of halogens is 1. The largest absolute Gasteiger partial charge is 0.484 e. The van der Waals surface area contributed by atoms with Gasteiger partial charge < -0.3 is 10.1 Å². The highest BCUT2D eigenvalue weighted by molar-refractivity contribution is 6.30. The molecule has 2 aromatic rings. The van der Waals surface area contributed by atoms with E-state index in [2.05, 4.69) is 17.4 Å². The van der Waals surface area contributed by atoms with Gasteiger partial charge in [0.2, 0.25) is 0 Å². The number of benzene rings is 2. The molecule has 1 N–H and O–H groups in total. The average Bonchev–Trinajstić information content (AvgIpc) is 2.51. The predicted octanol–water partition coefficient (Wildman–Crippen LogP) is 3.47. The van der Waals surface area contributed by atoms with E-state index in [1.807, 2.05) is 18.2 Å². The highest BCUT2D eigenvalue weighted by Crippen LogP contribution is 2.16. The third-order valence-corrected chi connectivity index (χ3v) is 3.21. The predicted molar refractivity (Wildman–Crippen MR) is 84.7 cm³/mol. The number of carbonyl (C=O) groups excluding carboxylic acids is 1. The Bertz CT molecular complexity index is 572. The minimum atomic E-state index is -0.122. The topological polar surface area (TPSA) is 38.3 Å². The third-order valence-electron chi connectivity index (χ3n) is 2.97. The van der Waals surface area contributed by atoms with Gasteiger partial charge in [-0.2, -0.15) is 0 Å². The summed E-state index contributed by atoms with van der Waals surface area (Å²) in [5, 5.41) is 3.43. The molecule has 0 aliphatic heterocycles. The first-order valence-corrected chi connectivity index (χ1v) is 7.31. The van der Waals surface area contributed by atoms with E-state index in [1.54, 1.807) is 24.3 Å². The van der Waals surface area contributed by atoms with E-state index in [9.17, 15) is 4.79 Å². The molecule has 0 atom stereocenters. The van der Waals surface area contributed by atoms with Gasteiger partial charge >= 0.3 is 0 Å². The van der Waals surface area contributed by atoms with Gasteiger partial charge in [0.1, 0.15) is 5.75 Å². The van der Waals surface area contributed by atoms with Gasteiger partial charge in [0, 0.05) is 11.6 Å². The summed E-state index contributed by atoms with van der Waals surface area (Å²) < 4.78 is 5.37. The van der Waals surface area contributed by atoms with Crippen LogP contribution in [0.3, 0.4) is 0 Å². The molecule has 0 spiro atoms. The van der Waals surface area contributed by atoms with Crippen LogP contribution in [0, 0.1) is 0 Å². The van der Waals surface area contributed by atoms with Gasteiger partial charge in [0.25, 0.3) is 5.91 Å². The molecular weight excluding hydrogens is 286 g/mol. The van der Waals surface area contributed by atoms with Crippen LogP contribution in [0.25, 0.3) is 0 Å². The number of hydrogen-bond acceptors (Lipinski definition) is 2. The van der Waals surface area contributed by atoms with Crippen LogP contribution in [-0.2, 0) is 11.2 Å². The van der Waals surface area contributed by atoms with E-state index in [1.165, 1.54) is 5.56 Å². The molecule has 2 rings (SSSR count). The van der Waals surface area contributed by atoms with E-state index >= 15 is 0 Å². The molecule has 4 heteroatoms. The van der Waals surface area contributed by atoms with Gasteiger partial charge in [0.05, 0.1) is 0 Å². The Morgan fingerprint density at radius 1 is 1.10 bits per heavy atom. The minimum Gasteiger partial charge on any atom is -0.484 e. The van der Waals surface area contributed by atoms with Gasteiger partial charge in [0.15, 0.2) is 6.61 Å². The highest BCUT2D eigenvalue weighted by Gasteiger charge is 2.02. The molecule has 0 heterocycles. The first kappa shape index (κ1) is 15.4. The summed E-state index contributed by atoms with van der Waals surface area (Å²) >= 11 is 5.84. The average molecular weight is 304 g/mol. The van der Waals surface area contributed by atoms with Gasteiger partial charge in [-0.1, -0.05) is 48.0 Å². The normalized spacial score (nSPS) is 10.1. The van der Waals surface area contributed by atoms with Gasteiger partial charge in [-0.25, -0.2) is 0 Å². The zero-order valence-electron chi connectivity index (χ0n) is 11.7. The Kier molecular flexibility index (Phi) is 6.10. The van der Waals surface area contributed by atoms with Crippen molar-refractivity contribution in [2.45, 2.75) is 12.8 Å². The second-order valence-electron chi connectivity index (χ2n) is 4.69. The summed E-state index contributed by atoms with van der Waals surface area (Å²) in [4.78, 5) is 11.6. The fourth-order valence-corrected chi connectivity index (χ4v) is 2.10. The van der Waals surface area contributed by atoms with E-state index in [-0.39, 0.29) is 12.5 Å². The molecule has 1 amide bonds.